The van der Waals surface area contributed by atoms with Crippen molar-refractivity contribution in [1.82, 2.24) is 34.9 Å². The van der Waals surface area contributed by atoms with Crippen LogP contribution in [-0.2, 0) is 4.79 Å². The Hall–Kier alpha value is -5.45. The molecule has 3 aliphatic rings. The number of likely N-dealkylation sites (N-methyl/N-ethyl adjacent to an activating group) is 1. The Morgan fingerprint density at radius 3 is 2.79 bits per heavy atom. The van der Waals surface area contributed by atoms with Gasteiger partial charge in [-0.2, -0.15) is 15.2 Å². The second kappa shape index (κ2) is 13.8. The van der Waals surface area contributed by atoms with E-state index in [0.717, 1.165) is 35.7 Å². The quantitative estimate of drug-likeness (QED) is 0.180. The highest BCUT2D eigenvalue weighted by molar-refractivity contribution is 6.01. The molecule has 53 heavy (non-hydrogen) atoms. The van der Waals surface area contributed by atoms with Crippen LogP contribution in [-0.4, -0.2) is 97.9 Å². The molecule has 3 aliphatic heterocycles. The number of ether oxygens (including phenoxy) is 1. The largest absolute Gasteiger partial charge is 0.461 e. The maximum atomic E-state index is 17.0. The van der Waals surface area contributed by atoms with Gasteiger partial charge in [0.2, 0.25) is 5.82 Å². The normalized spacial score (nSPS) is 23.7. The molecule has 8 rings (SSSR count). The number of quaternary nitrogens is 1. The van der Waals surface area contributed by atoms with Gasteiger partial charge in [-0.1, -0.05) is 36.3 Å². The molecule has 2 unspecified atom stereocenters. The molecule has 0 spiro atoms. The number of fused-ring (bicyclic) bond motifs is 3. The Morgan fingerprint density at radius 1 is 1.17 bits per heavy atom. The van der Waals surface area contributed by atoms with E-state index in [-0.39, 0.29) is 35.6 Å². The van der Waals surface area contributed by atoms with Crippen molar-refractivity contribution in [2.45, 2.75) is 56.4 Å². The van der Waals surface area contributed by atoms with E-state index in [9.17, 15) is 9.18 Å². The molecule has 10 nitrogen and oxygen atoms in total. The Kier molecular flexibility index (Phi) is 9.04. The summed E-state index contributed by atoms with van der Waals surface area (Å²) in [5, 5.41) is 9.50. The summed E-state index contributed by atoms with van der Waals surface area (Å²) in [5.41, 5.74) is 0.975. The first kappa shape index (κ1) is 34.6. The number of alkyl halides is 1. The summed E-state index contributed by atoms with van der Waals surface area (Å²) in [6.07, 6.45) is 11.6. The number of aromatic nitrogens is 5. The zero-order valence-corrected chi connectivity index (χ0v) is 29.4. The van der Waals surface area contributed by atoms with Crippen LogP contribution >= 0.6 is 0 Å². The van der Waals surface area contributed by atoms with Crippen molar-refractivity contribution in [2.75, 3.05) is 33.3 Å². The molecule has 13 heteroatoms. The SMILES string of the molecule is C#Cc1cccc2cccc(-c3ncc4c([NH+](C)C5CCN(C(=O)/C(F)=C/c6cccnn6)[C@H]5C)nc(OC[C@@]56CCCN5C[C@H](F)C6)nc4c3F)c12. The van der Waals surface area contributed by atoms with E-state index in [2.05, 4.69) is 31.0 Å². The minimum absolute atomic E-state index is 0.0108. The van der Waals surface area contributed by atoms with E-state index in [1.54, 1.807) is 30.5 Å². The van der Waals surface area contributed by atoms with Gasteiger partial charge in [0.1, 0.15) is 35.4 Å². The maximum Gasteiger partial charge on any atom is 0.322 e. The van der Waals surface area contributed by atoms with Gasteiger partial charge in [-0.3, -0.25) is 19.6 Å². The van der Waals surface area contributed by atoms with Crippen LogP contribution < -0.4 is 9.64 Å². The molecule has 0 saturated carbocycles. The number of pyridine rings is 1. The number of terminal acetylenes is 1. The molecule has 0 radical (unpaired) electrons. The fourth-order valence-corrected chi connectivity index (χ4v) is 8.60. The number of nitrogens with zero attached hydrogens (tertiary/aromatic N) is 7. The van der Waals surface area contributed by atoms with Gasteiger partial charge >= 0.3 is 6.01 Å². The minimum atomic E-state index is -0.947. The van der Waals surface area contributed by atoms with Crippen LogP contribution in [0.2, 0.25) is 0 Å². The van der Waals surface area contributed by atoms with E-state index in [0.29, 0.717) is 53.6 Å². The van der Waals surface area contributed by atoms with E-state index in [1.807, 2.05) is 38.2 Å². The van der Waals surface area contributed by atoms with Crippen molar-refractivity contribution >= 4 is 39.5 Å². The molecule has 0 aliphatic carbocycles. The number of halogens is 3. The highest BCUT2D eigenvalue weighted by atomic mass is 19.1. The van der Waals surface area contributed by atoms with Crippen LogP contribution in [0, 0.1) is 18.2 Å². The smallest absolute Gasteiger partial charge is 0.322 e. The third kappa shape index (κ3) is 6.15. The molecule has 3 aromatic heterocycles. The molecule has 5 aromatic rings. The first-order valence-electron chi connectivity index (χ1n) is 17.8. The monoisotopic (exact) mass is 719 g/mol. The summed E-state index contributed by atoms with van der Waals surface area (Å²) in [7, 11) is 1.88. The van der Waals surface area contributed by atoms with Crippen molar-refractivity contribution < 1.29 is 27.6 Å². The molecule has 3 fully saturated rings. The number of nitrogens with one attached hydrogen (secondary N) is 1. The summed E-state index contributed by atoms with van der Waals surface area (Å²) in [6, 6.07) is 13.6. The Balaban J connectivity index is 1.18. The molecule has 1 N–H and O–H groups in total. The fraction of sp³-hybridized carbons (Fsp3) is 0.350. The summed E-state index contributed by atoms with van der Waals surface area (Å²) in [6.45, 7) is 3.47. The topological polar surface area (TPSA) is 102 Å². The Bertz CT molecular complexity index is 2290. The van der Waals surface area contributed by atoms with Crippen LogP contribution in [0.5, 0.6) is 6.01 Å². The lowest BCUT2D eigenvalue weighted by molar-refractivity contribution is -0.841. The molecule has 2 aromatic carbocycles. The molecule has 3 saturated heterocycles. The summed E-state index contributed by atoms with van der Waals surface area (Å²) in [5.74, 6) is 0.767. The number of carbonyl (C=O) groups is 1. The van der Waals surface area contributed by atoms with Gasteiger partial charge in [0.05, 0.1) is 24.3 Å². The molecular weight excluding hydrogens is 681 g/mol. The van der Waals surface area contributed by atoms with Crippen molar-refractivity contribution in [3.63, 3.8) is 0 Å². The maximum absolute atomic E-state index is 17.0. The Labute approximate surface area is 304 Å². The number of carbonyl (C=O) groups excluding carboxylic acids is 1. The van der Waals surface area contributed by atoms with Gasteiger partial charge in [0.15, 0.2) is 11.6 Å². The average Bonchev–Trinajstić information content (AvgIpc) is 3.84. The molecule has 0 bridgehead atoms. The van der Waals surface area contributed by atoms with Gasteiger partial charge in [-0.15, -0.1) is 11.4 Å². The molecule has 270 valence electrons. The van der Waals surface area contributed by atoms with Gasteiger partial charge in [-0.25, -0.2) is 13.2 Å². The Morgan fingerprint density at radius 2 is 2.00 bits per heavy atom. The van der Waals surface area contributed by atoms with Crippen molar-refractivity contribution in [3.05, 3.63) is 83.8 Å². The van der Waals surface area contributed by atoms with Crippen molar-refractivity contribution in [1.29, 1.82) is 0 Å². The van der Waals surface area contributed by atoms with E-state index < -0.39 is 35.3 Å². The van der Waals surface area contributed by atoms with Crippen LogP contribution in [0.1, 0.15) is 43.9 Å². The lowest BCUT2D eigenvalue weighted by Gasteiger charge is -2.31. The zero-order valence-electron chi connectivity index (χ0n) is 29.4. The second-order valence-electron chi connectivity index (χ2n) is 14.2. The van der Waals surface area contributed by atoms with Gasteiger partial charge in [0, 0.05) is 60.9 Å². The minimum Gasteiger partial charge on any atom is -0.461 e. The summed E-state index contributed by atoms with van der Waals surface area (Å²) < 4.78 is 53.1. The number of amides is 1. The van der Waals surface area contributed by atoms with Gasteiger partial charge < -0.3 is 9.64 Å². The van der Waals surface area contributed by atoms with Crippen molar-refractivity contribution in [2.24, 2.45) is 0 Å². The number of hydrogen-bond donors (Lipinski definition) is 1. The number of rotatable bonds is 8. The summed E-state index contributed by atoms with van der Waals surface area (Å²) in [4.78, 5) is 31.7. The van der Waals surface area contributed by atoms with Gasteiger partial charge in [0.25, 0.3) is 5.91 Å². The molecular formula is C40H38F3N8O2+. The molecule has 5 atom stereocenters. The van der Waals surface area contributed by atoms with Crippen LogP contribution in [0.4, 0.5) is 19.0 Å². The van der Waals surface area contributed by atoms with E-state index >= 15 is 8.78 Å². The highest BCUT2D eigenvalue weighted by Gasteiger charge is 2.49. The predicted octanol–water partition coefficient (Wildman–Crippen LogP) is 4.86. The number of benzene rings is 2. The van der Waals surface area contributed by atoms with E-state index in [1.165, 1.54) is 11.1 Å². The predicted molar refractivity (Wildman–Crippen MR) is 194 cm³/mol. The molecule has 6 heterocycles. The number of likely N-dealkylation sites (tertiary alicyclic amines) is 1. The van der Waals surface area contributed by atoms with Crippen molar-refractivity contribution in [3.8, 4) is 29.6 Å². The lowest BCUT2D eigenvalue weighted by Crippen LogP contribution is -3.09. The average molecular weight is 720 g/mol. The van der Waals surface area contributed by atoms with Crippen LogP contribution in [0.25, 0.3) is 39.0 Å². The van der Waals surface area contributed by atoms with Gasteiger partial charge in [-0.05, 0) is 49.9 Å². The summed E-state index contributed by atoms with van der Waals surface area (Å²) >= 11 is 0. The standard InChI is InChI=1S/C40H37F3N8O2/c1-4-25-9-5-10-26-11-6-13-29(33(25)26)35-34(43)36-30(21-44-35)37(47-39(46-36)53-23-40-15-8-17-50(40)22-27(41)20-40)49(3)32-14-18-51(24(32)2)38(52)31(42)19-28-12-7-16-45-48-28/h1,5-7,9-13,16,19,21,24,27,32H,8,14-15,17-18,20,22-23H2,2-3H3/p+1/b31-19-/t24-,27+,32?,40-/m0/s1. The number of hydrogen-bond acceptors (Lipinski definition) is 8. The van der Waals surface area contributed by atoms with Crippen LogP contribution in [0.3, 0.4) is 0 Å². The first-order valence-corrected chi connectivity index (χ1v) is 17.8. The lowest BCUT2D eigenvalue weighted by atomic mass is 9.95. The second-order valence-corrected chi connectivity index (χ2v) is 14.2. The molecule has 1 amide bonds. The third-order valence-corrected chi connectivity index (χ3v) is 11.2. The first-order chi connectivity index (χ1) is 25.7. The highest BCUT2D eigenvalue weighted by Crippen LogP contribution is 2.41. The fourth-order valence-electron chi connectivity index (χ4n) is 8.60. The third-order valence-electron chi connectivity index (χ3n) is 11.2. The van der Waals surface area contributed by atoms with E-state index in [4.69, 9.17) is 16.1 Å². The van der Waals surface area contributed by atoms with Crippen LogP contribution in [0.15, 0.2) is 66.8 Å². The zero-order chi connectivity index (χ0) is 36.9.